The van der Waals surface area contributed by atoms with Crippen molar-refractivity contribution < 1.29 is 19.2 Å². The van der Waals surface area contributed by atoms with Crippen LogP contribution in [-0.2, 0) is 4.57 Å². The first-order valence-corrected chi connectivity index (χ1v) is 5.69. The van der Waals surface area contributed by atoms with E-state index < -0.39 is 7.82 Å². The number of hydrogen-bond acceptors (Lipinski definition) is 4. The zero-order chi connectivity index (χ0) is 12.8. The lowest BCUT2D eigenvalue weighted by atomic mass is 10.3. The fourth-order valence-electron chi connectivity index (χ4n) is 0.812. The highest BCUT2D eigenvalue weighted by molar-refractivity contribution is 7.45. The molecule has 1 aromatic carbocycles. The molecule has 8 heteroatoms. The van der Waals surface area contributed by atoms with Crippen molar-refractivity contribution in [2.75, 3.05) is 19.0 Å². The summed E-state index contributed by atoms with van der Waals surface area (Å²) in [6.07, 6.45) is 0. The van der Waals surface area contributed by atoms with Crippen molar-refractivity contribution in [3.63, 3.8) is 0 Å². The van der Waals surface area contributed by atoms with Gasteiger partial charge in [-0.1, -0.05) is 0 Å². The Labute approximate surface area is 92.6 Å². The van der Waals surface area contributed by atoms with Crippen molar-refractivity contribution in [2.24, 2.45) is 5.18 Å². The highest BCUT2D eigenvalue weighted by Crippen LogP contribution is 2.25. The van der Waals surface area contributed by atoms with Gasteiger partial charge in [0, 0.05) is 19.8 Å². The van der Waals surface area contributed by atoms with Gasteiger partial charge >= 0.3 is 7.82 Å². The molecule has 0 spiro atoms. The van der Waals surface area contributed by atoms with Crippen molar-refractivity contribution in [1.82, 2.24) is 0 Å². The second kappa shape index (κ2) is 6.34. The second-order valence-corrected chi connectivity index (χ2v) is 4.04. The number of benzene rings is 1. The first kappa shape index (κ1) is 14.7. The number of hydrogen-bond donors (Lipinski definition) is 3. The van der Waals surface area contributed by atoms with Crippen LogP contribution in [0.2, 0.25) is 0 Å². The van der Waals surface area contributed by atoms with Crippen LogP contribution >= 0.6 is 7.82 Å². The molecule has 0 saturated carbocycles. The van der Waals surface area contributed by atoms with Gasteiger partial charge in [0.2, 0.25) is 0 Å². The molecule has 0 fully saturated rings. The van der Waals surface area contributed by atoms with Crippen molar-refractivity contribution in [3.8, 4) is 0 Å². The normalized spacial score (nSPS) is 10.1. The van der Waals surface area contributed by atoms with Crippen LogP contribution in [0, 0.1) is 4.91 Å². The fraction of sp³-hybridized carbons (Fsp3) is 0.250. The predicted molar refractivity (Wildman–Crippen MR) is 60.5 cm³/mol. The van der Waals surface area contributed by atoms with Crippen molar-refractivity contribution in [1.29, 1.82) is 0 Å². The van der Waals surface area contributed by atoms with E-state index in [9.17, 15) is 4.91 Å². The van der Waals surface area contributed by atoms with E-state index in [1.54, 1.807) is 12.1 Å². The number of nitroso groups, excluding NO2 is 1. The Morgan fingerprint density at radius 1 is 1.12 bits per heavy atom. The molecule has 0 atom stereocenters. The van der Waals surface area contributed by atoms with E-state index in [0.29, 0.717) is 5.69 Å². The Morgan fingerprint density at radius 3 is 1.75 bits per heavy atom. The molecular formula is C8H13N2O5P. The highest BCUT2D eigenvalue weighted by Gasteiger charge is 2.00. The monoisotopic (exact) mass is 248 g/mol. The van der Waals surface area contributed by atoms with Crippen LogP contribution in [0.4, 0.5) is 11.4 Å². The zero-order valence-corrected chi connectivity index (χ0v) is 9.70. The van der Waals surface area contributed by atoms with E-state index >= 15 is 0 Å². The van der Waals surface area contributed by atoms with E-state index in [4.69, 9.17) is 19.2 Å². The third-order valence-corrected chi connectivity index (χ3v) is 1.47. The molecule has 3 N–H and O–H groups in total. The zero-order valence-electron chi connectivity index (χ0n) is 8.81. The van der Waals surface area contributed by atoms with Gasteiger partial charge in [-0.2, -0.15) is 0 Å². The van der Waals surface area contributed by atoms with E-state index in [0.717, 1.165) is 5.69 Å². The molecule has 0 amide bonds. The van der Waals surface area contributed by atoms with Gasteiger partial charge in [0.25, 0.3) is 0 Å². The lowest BCUT2D eigenvalue weighted by molar-refractivity contribution is 0.275. The molecule has 0 heterocycles. The van der Waals surface area contributed by atoms with Gasteiger partial charge in [0.1, 0.15) is 5.69 Å². The van der Waals surface area contributed by atoms with Crippen LogP contribution in [-0.4, -0.2) is 28.8 Å². The molecule has 0 unspecified atom stereocenters. The first-order valence-electron chi connectivity index (χ1n) is 4.13. The molecule has 1 rings (SSSR count). The van der Waals surface area contributed by atoms with Gasteiger partial charge in [-0.25, -0.2) is 4.57 Å². The molecule has 0 aliphatic carbocycles. The van der Waals surface area contributed by atoms with Crippen LogP contribution < -0.4 is 4.90 Å². The number of anilines is 1. The average Bonchev–Trinajstić information content (AvgIpc) is 2.15. The van der Waals surface area contributed by atoms with Crippen molar-refractivity contribution >= 4 is 19.2 Å². The molecule has 7 nitrogen and oxygen atoms in total. The maximum atomic E-state index is 10.0. The van der Waals surface area contributed by atoms with E-state index in [1.807, 2.05) is 31.1 Å². The molecule has 0 aliphatic heterocycles. The van der Waals surface area contributed by atoms with Gasteiger partial charge in [0.15, 0.2) is 0 Å². The van der Waals surface area contributed by atoms with E-state index in [2.05, 4.69) is 5.18 Å². The number of rotatable bonds is 2. The molecular weight excluding hydrogens is 235 g/mol. The summed E-state index contributed by atoms with van der Waals surface area (Å²) in [7, 11) is -0.743. The number of phosphoric acid groups is 1. The summed E-state index contributed by atoms with van der Waals surface area (Å²) in [5.41, 5.74) is 1.54. The van der Waals surface area contributed by atoms with E-state index in [1.165, 1.54) is 0 Å². The van der Waals surface area contributed by atoms with Crippen LogP contribution in [0.25, 0.3) is 0 Å². The van der Waals surface area contributed by atoms with Crippen LogP contribution in [0.15, 0.2) is 29.4 Å². The van der Waals surface area contributed by atoms with Gasteiger partial charge in [-0.15, -0.1) is 4.91 Å². The summed E-state index contributed by atoms with van der Waals surface area (Å²) in [5, 5.41) is 2.80. The van der Waals surface area contributed by atoms with Gasteiger partial charge in [-0.3, -0.25) is 0 Å². The highest BCUT2D eigenvalue weighted by atomic mass is 31.2. The Hall–Kier alpha value is -1.27. The second-order valence-electron chi connectivity index (χ2n) is 3.02. The summed E-state index contributed by atoms with van der Waals surface area (Å²) in [6.45, 7) is 0. The molecule has 0 radical (unpaired) electrons. The lowest BCUT2D eigenvalue weighted by Gasteiger charge is -2.10. The third-order valence-electron chi connectivity index (χ3n) is 1.47. The Balaban J connectivity index is 0.000000385. The van der Waals surface area contributed by atoms with Gasteiger partial charge in [-0.05, 0) is 29.4 Å². The summed E-state index contributed by atoms with van der Waals surface area (Å²) >= 11 is 0. The molecule has 90 valence electrons. The molecule has 0 aliphatic rings. The van der Waals surface area contributed by atoms with Crippen molar-refractivity contribution in [3.05, 3.63) is 29.2 Å². The topological polar surface area (TPSA) is 110 Å². The standard InChI is InChI=1S/C8H10N2O.H3O4P/c1-10(2)8-5-3-7(9-11)4-6-8;1-5(2,3)4/h3-6H,1-2H3;(H3,1,2,3,4). The smallest absolute Gasteiger partial charge is 0.378 e. The Bertz CT molecular complexity index is 364. The van der Waals surface area contributed by atoms with E-state index in [-0.39, 0.29) is 0 Å². The fourth-order valence-corrected chi connectivity index (χ4v) is 0.812. The maximum absolute atomic E-state index is 10.0. The molecule has 0 bridgehead atoms. The summed E-state index contributed by atoms with van der Waals surface area (Å²) < 4.78 is 8.88. The molecule has 0 aromatic heterocycles. The Kier molecular flexibility index (Phi) is 5.84. The Morgan fingerprint density at radius 2 is 1.50 bits per heavy atom. The quantitative estimate of drug-likeness (QED) is 0.536. The largest absolute Gasteiger partial charge is 0.466 e. The van der Waals surface area contributed by atoms with Crippen LogP contribution in [0.3, 0.4) is 0 Å². The molecule has 1 aromatic rings. The minimum absolute atomic E-state index is 0.468. The third kappa shape index (κ3) is 8.07. The lowest BCUT2D eigenvalue weighted by Crippen LogP contribution is -2.07. The summed E-state index contributed by atoms with van der Waals surface area (Å²) in [5.74, 6) is 0. The molecule has 0 saturated heterocycles. The minimum atomic E-state index is -4.64. The maximum Gasteiger partial charge on any atom is 0.466 e. The van der Waals surface area contributed by atoms with Crippen LogP contribution in [0.5, 0.6) is 0 Å². The summed E-state index contributed by atoms with van der Waals surface area (Å²) in [4.78, 5) is 33.6. The van der Waals surface area contributed by atoms with Crippen molar-refractivity contribution in [2.45, 2.75) is 0 Å². The predicted octanol–water partition coefficient (Wildman–Crippen LogP) is 1.22. The van der Waals surface area contributed by atoms with Gasteiger partial charge < -0.3 is 19.6 Å². The number of nitrogens with zero attached hydrogens (tertiary/aromatic N) is 2. The molecule has 16 heavy (non-hydrogen) atoms. The summed E-state index contributed by atoms with van der Waals surface area (Å²) in [6, 6.07) is 7.11. The first-order chi connectivity index (χ1) is 7.24. The SMILES string of the molecule is CN(C)c1ccc(N=O)cc1.O=P(O)(O)O. The minimum Gasteiger partial charge on any atom is -0.378 e. The van der Waals surface area contributed by atoms with Crippen LogP contribution in [0.1, 0.15) is 0 Å². The average molecular weight is 248 g/mol. The van der Waals surface area contributed by atoms with Gasteiger partial charge in [0.05, 0.1) is 0 Å².